The van der Waals surface area contributed by atoms with Gasteiger partial charge < -0.3 is 0 Å². The number of ketones is 1. The van der Waals surface area contributed by atoms with E-state index in [9.17, 15) is 4.79 Å². The zero-order chi connectivity index (χ0) is 9.97. The van der Waals surface area contributed by atoms with Gasteiger partial charge in [0.25, 0.3) is 0 Å². The molecule has 0 amide bonds. The molecule has 0 aromatic heterocycles. The van der Waals surface area contributed by atoms with Gasteiger partial charge in [-0.2, -0.15) is 0 Å². The summed E-state index contributed by atoms with van der Waals surface area (Å²) in [4.78, 5) is 14.1. The van der Waals surface area contributed by atoms with Gasteiger partial charge in [-0.1, -0.05) is 19.3 Å². The van der Waals surface area contributed by atoms with E-state index in [2.05, 4.69) is 11.9 Å². The van der Waals surface area contributed by atoms with Crippen molar-refractivity contribution in [3.8, 4) is 0 Å². The van der Waals surface area contributed by atoms with Gasteiger partial charge in [-0.25, -0.2) is 0 Å². The topological polar surface area (TPSA) is 20.3 Å². The monoisotopic (exact) mass is 195 g/mol. The normalized spacial score (nSPS) is 24.1. The standard InChI is InChI=1S/C12H21NO/c1-13(11-7-4-8-11)9-12(14)10-5-2-3-6-10/h10-11H,2-9H2,1H3. The first kappa shape index (κ1) is 10.2. The fourth-order valence-electron chi connectivity index (χ4n) is 2.58. The number of hydrogen-bond donors (Lipinski definition) is 0. The molecule has 0 saturated heterocycles. The maximum absolute atomic E-state index is 11.9. The lowest BCUT2D eigenvalue weighted by Gasteiger charge is -2.34. The van der Waals surface area contributed by atoms with Crippen molar-refractivity contribution in [3.63, 3.8) is 0 Å². The number of Topliss-reactive ketones (excluding diaryl/α,β-unsaturated/α-hetero) is 1. The molecule has 0 heterocycles. The summed E-state index contributed by atoms with van der Waals surface area (Å²) in [6.07, 6.45) is 8.79. The van der Waals surface area contributed by atoms with E-state index in [1.807, 2.05) is 0 Å². The van der Waals surface area contributed by atoms with Crippen LogP contribution in [0.15, 0.2) is 0 Å². The first-order valence-electron chi connectivity index (χ1n) is 6.00. The van der Waals surface area contributed by atoms with Gasteiger partial charge in [-0.3, -0.25) is 9.69 Å². The number of likely N-dealkylation sites (N-methyl/N-ethyl adjacent to an activating group) is 1. The molecule has 0 aromatic rings. The molecule has 0 radical (unpaired) electrons. The van der Waals surface area contributed by atoms with Crippen molar-refractivity contribution in [2.75, 3.05) is 13.6 Å². The summed E-state index contributed by atoms with van der Waals surface area (Å²) in [5.41, 5.74) is 0. The lowest BCUT2D eigenvalue weighted by molar-refractivity contribution is -0.124. The highest BCUT2D eigenvalue weighted by atomic mass is 16.1. The Morgan fingerprint density at radius 1 is 1.14 bits per heavy atom. The molecule has 2 rings (SSSR count). The number of nitrogens with zero attached hydrogens (tertiary/aromatic N) is 1. The average molecular weight is 195 g/mol. The van der Waals surface area contributed by atoms with E-state index in [0.29, 0.717) is 24.3 Å². The van der Waals surface area contributed by atoms with Crippen LogP contribution >= 0.6 is 0 Å². The first-order chi connectivity index (χ1) is 6.77. The minimum atomic E-state index is 0.400. The van der Waals surface area contributed by atoms with Gasteiger partial charge >= 0.3 is 0 Å². The third kappa shape index (κ3) is 2.17. The fraction of sp³-hybridized carbons (Fsp3) is 0.917. The predicted molar refractivity (Wildman–Crippen MR) is 57.2 cm³/mol. The van der Waals surface area contributed by atoms with Gasteiger partial charge in [-0.15, -0.1) is 0 Å². The van der Waals surface area contributed by atoms with Crippen LogP contribution in [0.25, 0.3) is 0 Å². The van der Waals surface area contributed by atoms with Crippen molar-refractivity contribution in [2.24, 2.45) is 5.92 Å². The molecule has 0 N–H and O–H groups in total. The van der Waals surface area contributed by atoms with Crippen molar-refractivity contribution in [3.05, 3.63) is 0 Å². The van der Waals surface area contributed by atoms with Crippen LogP contribution in [-0.2, 0) is 4.79 Å². The third-order valence-corrected chi connectivity index (χ3v) is 3.91. The maximum Gasteiger partial charge on any atom is 0.149 e. The van der Waals surface area contributed by atoms with Crippen molar-refractivity contribution < 1.29 is 4.79 Å². The molecule has 0 atom stereocenters. The van der Waals surface area contributed by atoms with Crippen LogP contribution < -0.4 is 0 Å². The van der Waals surface area contributed by atoms with Crippen LogP contribution in [0, 0.1) is 5.92 Å². The van der Waals surface area contributed by atoms with E-state index < -0.39 is 0 Å². The van der Waals surface area contributed by atoms with Gasteiger partial charge in [-0.05, 0) is 32.7 Å². The Balaban J connectivity index is 1.75. The minimum Gasteiger partial charge on any atom is -0.298 e. The summed E-state index contributed by atoms with van der Waals surface area (Å²) in [6, 6.07) is 0.709. The largest absolute Gasteiger partial charge is 0.298 e. The molecule has 0 unspecified atom stereocenters. The van der Waals surface area contributed by atoms with Gasteiger partial charge in [0.05, 0.1) is 6.54 Å². The molecule has 0 aromatic carbocycles. The van der Waals surface area contributed by atoms with E-state index >= 15 is 0 Å². The summed E-state index contributed by atoms with van der Waals surface area (Å²) in [5, 5.41) is 0. The number of carbonyl (C=O) groups excluding carboxylic acids is 1. The SMILES string of the molecule is CN(CC(=O)C1CCCC1)C1CCC1. The van der Waals surface area contributed by atoms with Crippen LogP contribution in [0.4, 0.5) is 0 Å². The summed E-state index contributed by atoms with van der Waals surface area (Å²) >= 11 is 0. The van der Waals surface area contributed by atoms with Crippen molar-refractivity contribution in [2.45, 2.75) is 51.0 Å². The Hall–Kier alpha value is -0.370. The third-order valence-electron chi connectivity index (χ3n) is 3.91. The maximum atomic E-state index is 11.9. The van der Waals surface area contributed by atoms with Crippen LogP contribution in [0.3, 0.4) is 0 Å². The second kappa shape index (κ2) is 4.43. The zero-order valence-corrected chi connectivity index (χ0v) is 9.17. The van der Waals surface area contributed by atoms with E-state index in [-0.39, 0.29) is 0 Å². The zero-order valence-electron chi connectivity index (χ0n) is 9.17. The first-order valence-corrected chi connectivity index (χ1v) is 6.00. The molecule has 0 spiro atoms. The molecular formula is C12H21NO. The van der Waals surface area contributed by atoms with E-state index in [0.717, 1.165) is 12.8 Å². The van der Waals surface area contributed by atoms with Crippen molar-refractivity contribution in [1.82, 2.24) is 4.90 Å². The lowest BCUT2D eigenvalue weighted by Crippen LogP contribution is -2.41. The van der Waals surface area contributed by atoms with E-state index in [1.54, 1.807) is 0 Å². The molecular weight excluding hydrogens is 174 g/mol. The molecule has 80 valence electrons. The van der Waals surface area contributed by atoms with Gasteiger partial charge in [0, 0.05) is 12.0 Å². The van der Waals surface area contributed by atoms with Crippen molar-refractivity contribution >= 4 is 5.78 Å². The number of hydrogen-bond acceptors (Lipinski definition) is 2. The second-order valence-electron chi connectivity index (χ2n) is 4.95. The lowest BCUT2D eigenvalue weighted by atomic mass is 9.91. The molecule has 2 aliphatic rings. The van der Waals surface area contributed by atoms with Crippen LogP contribution in [0.5, 0.6) is 0 Å². The highest BCUT2D eigenvalue weighted by molar-refractivity contribution is 5.83. The molecule has 2 heteroatoms. The smallest absolute Gasteiger partial charge is 0.149 e. The summed E-state index contributed by atoms with van der Waals surface area (Å²) in [7, 11) is 2.11. The summed E-state index contributed by atoms with van der Waals surface area (Å²) in [6.45, 7) is 0.704. The Bertz CT molecular complexity index is 204. The Morgan fingerprint density at radius 3 is 2.29 bits per heavy atom. The summed E-state index contributed by atoms with van der Waals surface area (Å²) in [5.74, 6) is 0.898. The van der Waals surface area contributed by atoms with Crippen LogP contribution in [0.2, 0.25) is 0 Å². The molecule has 2 fully saturated rings. The Kier molecular flexibility index (Phi) is 3.22. The quantitative estimate of drug-likeness (QED) is 0.685. The van der Waals surface area contributed by atoms with Crippen LogP contribution in [-0.4, -0.2) is 30.3 Å². The molecule has 14 heavy (non-hydrogen) atoms. The molecule has 2 aliphatic carbocycles. The molecule has 0 bridgehead atoms. The summed E-state index contributed by atoms with van der Waals surface area (Å²) < 4.78 is 0. The predicted octanol–water partition coefficient (Wildman–Crippen LogP) is 2.23. The van der Waals surface area contributed by atoms with Crippen LogP contribution in [0.1, 0.15) is 44.9 Å². The number of carbonyl (C=O) groups is 1. The highest BCUT2D eigenvalue weighted by Gasteiger charge is 2.27. The van der Waals surface area contributed by atoms with Crippen molar-refractivity contribution in [1.29, 1.82) is 0 Å². The molecule has 0 aliphatic heterocycles. The second-order valence-corrected chi connectivity index (χ2v) is 4.95. The number of rotatable bonds is 4. The highest BCUT2D eigenvalue weighted by Crippen LogP contribution is 2.27. The van der Waals surface area contributed by atoms with Gasteiger partial charge in [0.15, 0.2) is 0 Å². The fourth-order valence-corrected chi connectivity index (χ4v) is 2.58. The molecule has 2 saturated carbocycles. The average Bonchev–Trinajstić information content (AvgIpc) is 2.51. The Morgan fingerprint density at radius 2 is 1.79 bits per heavy atom. The minimum absolute atomic E-state index is 0.400. The van der Waals surface area contributed by atoms with Gasteiger partial charge in [0.1, 0.15) is 5.78 Å². The van der Waals surface area contributed by atoms with E-state index in [4.69, 9.17) is 0 Å². The van der Waals surface area contributed by atoms with Gasteiger partial charge in [0.2, 0.25) is 0 Å². The molecule has 2 nitrogen and oxygen atoms in total. The Labute approximate surface area is 86.7 Å². The van der Waals surface area contributed by atoms with E-state index in [1.165, 1.54) is 32.1 Å².